The van der Waals surface area contributed by atoms with Crippen molar-refractivity contribution in [2.24, 2.45) is 5.92 Å². The van der Waals surface area contributed by atoms with Crippen molar-refractivity contribution in [1.29, 1.82) is 0 Å². The Balaban J connectivity index is 1.19. The summed E-state index contributed by atoms with van der Waals surface area (Å²) in [6.07, 6.45) is 7.33. The summed E-state index contributed by atoms with van der Waals surface area (Å²) < 4.78 is 0. The van der Waals surface area contributed by atoms with Crippen LogP contribution in [0.1, 0.15) is 56.1 Å². The topological polar surface area (TPSA) is 40.6 Å². The molecule has 0 bridgehead atoms. The molecule has 1 aliphatic carbocycles. The van der Waals surface area contributed by atoms with E-state index in [9.17, 15) is 9.59 Å². The maximum atomic E-state index is 13.7. The fraction of sp³-hybridized carbons (Fsp3) is 0.500. The van der Waals surface area contributed by atoms with Crippen LogP contribution in [0.15, 0.2) is 54.6 Å². The first-order chi connectivity index (χ1) is 16.1. The van der Waals surface area contributed by atoms with Crippen LogP contribution in [-0.4, -0.2) is 47.3 Å². The number of nitrogens with zero attached hydrogens (tertiary/aromatic N) is 2. The van der Waals surface area contributed by atoms with Gasteiger partial charge < -0.3 is 9.80 Å². The van der Waals surface area contributed by atoms with Gasteiger partial charge in [-0.25, -0.2) is 0 Å². The van der Waals surface area contributed by atoms with E-state index in [1.165, 1.54) is 5.56 Å². The average molecular weight is 465 g/mol. The summed E-state index contributed by atoms with van der Waals surface area (Å²) in [6, 6.07) is 18.5. The Hall–Kier alpha value is -2.33. The lowest BCUT2D eigenvalue weighted by Gasteiger charge is -2.48. The van der Waals surface area contributed by atoms with Crippen molar-refractivity contribution in [1.82, 2.24) is 9.80 Å². The van der Waals surface area contributed by atoms with Crippen LogP contribution in [-0.2, 0) is 21.4 Å². The summed E-state index contributed by atoms with van der Waals surface area (Å²) in [6.45, 7) is 2.41. The van der Waals surface area contributed by atoms with Gasteiger partial charge in [0.05, 0.1) is 5.41 Å². The molecule has 2 saturated heterocycles. The monoisotopic (exact) mass is 464 g/mol. The number of carbonyl (C=O) groups excluding carboxylic acids is 2. The Morgan fingerprint density at radius 1 is 0.970 bits per heavy atom. The molecule has 2 atom stereocenters. The summed E-state index contributed by atoms with van der Waals surface area (Å²) >= 11 is 6.08. The Kier molecular flexibility index (Phi) is 6.47. The fourth-order valence-electron chi connectivity index (χ4n) is 5.92. The van der Waals surface area contributed by atoms with Crippen LogP contribution in [0.5, 0.6) is 0 Å². The van der Waals surface area contributed by atoms with E-state index in [-0.39, 0.29) is 17.4 Å². The first-order valence-electron chi connectivity index (χ1n) is 12.5. The molecular formula is C28H33ClN2O2. The SMILES string of the molecule is O=C(CCCc1ccccc1)N1CC[C@H]2[C@H](CCCN2C(=O)C2(c3ccc(Cl)cc3)CC2)C1. The number of likely N-dealkylation sites (tertiary alicyclic amines) is 2. The van der Waals surface area contributed by atoms with Gasteiger partial charge in [0.1, 0.15) is 0 Å². The van der Waals surface area contributed by atoms with Gasteiger partial charge in [-0.3, -0.25) is 9.59 Å². The zero-order chi connectivity index (χ0) is 22.8. The Labute approximate surface area is 201 Å². The molecule has 0 aromatic heterocycles. The van der Waals surface area contributed by atoms with Crippen molar-refractivity contribution in [3.05, 3.63) is 70.7 Å². The molecule has 0 unspecified atom stereocenters. The van der Waals surface area contributed by atoms with E-state index in [1.807, 2.05) is 30.3 Å². The van der Waals surface area contributed by atoms with Crippen molar-refractivity contribution in [2.45, 2.75) is 62.8 Å². The summed E-state index contributed by atoms with van der Waals surface area (Å²) in [5, 5.41) is 0.709. The van der Waals surface area contributed by atoms with Crippen LogP contribution in [0.2, 0.25) is 5.02 Å². The Morgan fingerprint density at radius 3 is 2.45 bits per heavy atom. The molecule has 3 fully saturated rings. The van der Waals surface area contributed by atoms with Crippen molar-refractivity contribution >= 4 is 23.4 Å². The molecule has 5 heteroatoms. The number of halogens is 1. The highest BCUT2D eigenvalue weighted by molar-refractivity contribution is 6.30. The number of hydrogen-bond donors (Lipinski definition) is 0. The van der Waals surface area contributed by atoms with Crippen molar-refractivity contribution in [2.75, 3.05) is 19.6 Å². The number of amides is 2. The summed E-state index contributed by atoms with van der Waals surface area (Å²) in [7, 11) is 0. The van der Waals surface area contributed by atoms with Crippen LogP contribution >= 0.6 is 11.6 Å². The molecular weight excluding hydrogens is 432 g/mol. The molecule has 0 N–H and O–H groups in total. The maximum Gasteiger partial charge on any atom is 0.233 e. The van der Waals surface area contributed by atoms with Crippen LogP contribution < -0.4 is 0 Å². The zero-order valence-corrected chi connectivity index (χ0v) is 20.0. The molecule has 3 aliphatic rings. The van der Waals surface area contributed by atoms with Gasteiger partial charge in [-0.05, 0) is 74.1 Å². The van der Waals surface area contributed by atoms with E-state index in [2.05, 4.69) is 34.1 Å². The molecule has 174 valence electrons. The average Bonchev–Trinajstić information content (AvgIpc) is 3.66. The molecule has 1 saturated carbocycles. The molecule has 0 radical (unpaired) electrons. The predicted octanol–water partition coefficient (Wildman–Crippen LogP) is 5.23. The number of benzene rings is 2. The van der Waals surface area contributed by atoms with Crippen LogP contribution in [0, 0.1) is 5.92 Å². The first-order valence-corrected chi connectivity index (χ1v) is 12.8. The summed E-state index contributed by atoms with van der Waals surface area (Å²) in [5.74, 6) is 0.963. The largest absolute Gasteiger partial charge is 0.342 e. The van der Waals surface area contributed by atoms with Gasteiger partial charge in [-0.15, -0.1) is 0 Å². The maximum absolute atomic E-state index is 13.7. The third-order valence-electron chi connectivity index (χ3n) is 7.94. The van der Waals surface area contributed by atoms with E-state index in [0.717, 1.165) is 70.1 Å². The van der Waals surface area contributed by atoms with Crippen LogP contribution in [0.3, 0.4) is 0 Å². The summed E-state index contributed by atoms with van der Waals surface area (Å²) in [4.78, 5) is 30.9. The highest BCUT2D eigenvalue weighted by Gasteiger charge is 2.55. The van der Waals surface area contributed by atoms with Gasteiger partial charge in [0.2, 0.25) is 11.8 Å². The number of rotatable bonds is 6. The Morgan fingerprint density at radius 2 is 1.73 bits per heavy atom. The van der Waals surface area contributed by atoms with E-state index in [0.29, 0.717) is 23.3 Å². The fourth-order valence-corrected chi connectivity index (χ4v) is 6.05. The molecule has 5 rings (SSSR count). The second-order valence-corrected chi connectivity index (χ2v) is 10.5. The van der Waals surface area contributed by atoms with E-state index >= 15 is 0 Å². The number of carbonyl (C=O) groups is 2. The van der Waals surface area contributed by atoms with Crippen molar-refractivity contribution in [3.63, 3.8) is 0 Å². The lowest BCUT2D eigenvalue weighted by Crippen LogP contribution is -2.58. The van der Waals surface area contributed by atoms with Crippen molar-refractivity contribution in [3.8, 4) is 0 Å². The van der Waals surface area contributed by atoms with Gasteiger partial charge >= 0.3 is 0 Å². The quantitative estimate of drug-likeness (QED) is 0.587. The third-order valence-corrected chi connectivity index (χ3v) is 8.19. The van der Waals surface area contributed by atoms with E-state index < -0.39 is 0 Å². The van der Waals surface area contributed by atoms with Gasteiger partial charge in [0.25, 0.3) is 0 Å². The van der Waals surface area contributed by atoms with Gasteiger partial charge in [0, 0.05) is 37.1 Å². The minimum absolute atomic E-state index is 0.268. The van der Waals surface area contributed by atoms with Gasteiger partial charge in [-0.1, -0.05) is 54.1 Å². The number of hydrogen-bond acceptors (Lipinski definition) is 2. The molecule has 2 amide bonds. The first kappa shape index (κ1) is 22.5. The molecule has 2 aliphatic heterocycles. The zero-order valence-electron chi connectivity index (χ0n) is 19.2. The van der Waals surface area contributed by atoms with Crippen LogP contribution in [0.4, 0.5) is 0 Å². The molecule has 2 heterocycles. The lowest BCUT2D eigenvalue weighted by molar-refractivity contribution is -0.143. The summed E-state index contributed by atoms with van der Waals surface area (Å²) in [5.41, 5.74) is 2.04. The second-order valence-electron chi connectivity index (χ2n) is 10.0. The lowest BCUT2D eigenvalue weighted by atomic mass is 9.82. The van der Waals surface area contributed by atoms with E-state index in [4.69, 9.17) is 11.6 Å². The molecule has 0 spiro atoms. The van der Waals surface area contributed by atoms with E-state index in [1.54, 1.807) is 0 Å². The second kappa shape index (κ2) is 9.50. The van der Waals surface area contributed by atoms with Gasteiger partial charge in [0.15, 0.2) is 0 Å². The highest BCUT2D eigenvalue weighted by atomic mass is 35.5. The smallest absolute Gasteiger partial charge is 0.233 e. The third kappa shape index (κ3) is 4.68. The predicted molar refractivity (Wildman–Crippen MR) is 131 cm³/mol. The highest BCUT2D eigenvalue weighted by Crippen LogP contribution is 2.51. The Bertz CT molecular complexity index is 987. The standard InChI is InChI=1S/C28H33ClN2O2/c29-24-13-11-23(12-14-24)28(16-17-28)27(33)31-18-5-9-22-20-30(19-15-25(22)31)26(32)10-4-8-21-6-2-1-3-7-21/h1-3,6-7,11-14,22,25H,4-5,8-10,15-20H2/t22-,25+/m1/s1. The molecule has 2 aromatic rings. The van der Waals surface area contributed by atoms with Crippen molar-refractivity contribution < 1.29 is 9.59 Å². The number of aryl methyl sites for hydroxylation is 1. The minimum atomic E-state index is -0.350. The number of piperidine rings is 2. The molecule has 33 heavy (non-hydrogen) atoms. The minimum Gasteiger partial charge on any atom is -0.342 e. The van der Waals surface area contributed by atoms with Gasteiger partial charge in [-0.2, -0.15) is 0 Å². The number of fused-ring (bicyclic) bond motifs is 1. The normalized spacial score (nSPS) is 23.7. The molecule has 4 nitrogen and oxygen atoms in total. The van der Waals surface area contributed by atoms with Crippen LogP contribution in [0.25, 0.3) is 0 Å². The molecule has 2 aromatic carbocycles.